The number of amides is 1. The van der Waals surface area contributed by atoms with E-state index in [1.165, 1.54) is 41.7 Å². The topological polar surface area (TPSA) is 94.2 Å². The highest BCUT2D eigenvalue weighted by Crippen LogP contribution is 2.30. The van der Waals surface area contributed by atoms with Crippen molar-refractivity contribution in [2.45, 2.75) is 18.2 Å². The summed E-state index contributed by atoms with van der Waals surface area (Å²) in [5.41, 5.74) is 0.682. The molecule has 0 radical (unpaired) electrons. The van der Waals surface area contributed by atoms with E-state index in [2.05, 4.69) is 5.32 Å². The van der Waals surface area contributed by atoms with Gasteiger partial charge in [-0.1, -0.05) is 6.07 Å². The Morgan fingerprint density at radius 2 is 1.87 bits per heavy atom. The third-order valence-electron chi connectivity index (χ3n) is 4.71. The second-order valence-corrected chi connectivity index (χ2v) is 8.74. The van der Waals surface area contributed by atoms with Gasteiger partial charge in [0.05, 0.1) is 43.9 Å². The lowest BCUT2D eigenvalue weighted by atomic mass is 10.1. The van der Waals surface area contributed by atoms with Crippen molar-refractivity contribution in [2.75, 3.05) is 45.3 Å². The van der Waals surface area contributed by atoms with Gasteiger partial charge in [0.15, 0.2) is 11.6 Å². The van der Waals surface area contributed by atoms with Crippen molar-refractivity contribution in [3.8, 4) is 11.5 Å². The Bertz CT molecular complexity index is 1040. The highest BCUT2D eigenvalue weighted by molar-refractivity contribution is 7.89. The molecule has 0 atom stereocenters. The molecule has 8 nitrogen and oxygen atoms in total. The Kier molecular flexibility index (Phi) is 7.47. The van der Waals surface area contributed by atoms with E-state index in [1.54, 1.807) is 13.0 Å². The van der Waals surface area contributed by atoms with Crippen LogP contribution in [0, 0.1) is 5.82 Å². The van der Waals surface area contributed by atoms with Gasteiger partial charge in [0.25, 0.3) is 0 Å². The number of ether oxygens (including phenoxy) is 3. The number of sulfonamides is 1. The van der Waals surface area contributed by atoms with Crippen molar-refractivity contribution in [1.82, 2.24) is 4.31 Å². The van der Waals surface area contributed by atoms with Gasteiger partial charge >= 0.3 is 0 Å². The lowest BCUT2D eigenvalue weighted by Crippen LogP contribution is -2.40. The maximum absolute atomic E-state index is 13.9. The summed E-state index contributed by atoms with van der Waals surface area (Å²) in [5.74, 6) is -0.575. The Morgan fingerprint density at radius 1 is 1.16 bits per heavy atom. The van der Waals surface area contributed by atoms with Gasteiger partial charge in [-0.15, -0.1) is 0 Å². The number of nitrogens with zero attached hydrogens (tertiary/aromatic N) is 1. The standard InChI is InChI=1S/C21H25FN2O6S/c1-3-30-20-7-5-16(31(26,27)24-8-10-29-11-9-24)14-18(20)23-21(25)13-15-4-6-19(28-2)17(22)12-15/h4-7,12,14H,3,8-11,13H2,1-2H3,(H,23,25). The van der Waals surface area contributed by atoms with Crippen LogP contribution in [0.1, 0.15) is 12.5 Å². The van der Waals surface area contributed by atoms with Gasteiger partial charge in [-0.25, -0.2) is 12.8 Å². The number of nitrogens with one attached hydrogen (secondary N) is 1. The average molecular weight is 453 g/mol. The zero-order valence-corrected chi connectivity index (χ0v) is 18.2. The Hall–Kier alpha value is -2.69. The molecule has 1 saturated heterocycles. The number of morpholine rings is 1. The van der Waals surface area contributed by atoms with E-state index in [-0.39, 0.29) is 35.8 Å². The van der Waals surface area contributed by atoms with Crippen LogP contribution in [0.4, 0.5) is 10.1 Å². The molecule has 3 rings (SSSR count). The fourth-order valence-corrected chi connectivity index (χ4v) is 4.62. The van der Waals surface area contributed by atoms with E-state index in [9.17, 15) is 17.6 Å². The van der Waals surface area contributed by atoms with Gasteiger partial charge in [-0.3, -0.25) is 4.79 Å². The molecule has 31 heavy (non-hydrogen) atoms. The molecule has 1 aliphatic rings. The van der Waals surface area contributed by atoms with Crippen molar-refractivity contribution >= 4 is 21.6 Å². The third kappa shape index (κ3) is 5.52. The van der Waals surface area contributed by atoms with Gasteiger partial charge in [0.2, 0.25) is 15.9 Å². The number of hydrogen-bond donors (Lipinski definition) is 1. The zero-order chi connectivity index (χ0) is 22.4. The minimum absolute atomic E-state index is 0.0450. The Morgan fingerprint density at radius 3 is 2.52 bits per heavy atom. The van der Waals surface area contributed by atoms with Crippen LogP contribution < -0.4 is 14.8 Å². The van der Waals surface area contributed by atoms with Crippen molar-refractivity contribution in [3.63, 3.8) is 0 Å². The van der Waals surface area contributed by atoms with Crippen LogP contribution in [0.5, 0.6) is 11.5 Å². The highest BCUT2D eigenvalue weighted by Gasteiger charge is 2.27. The number of carbonyl (C=O) groups is 1. The minimum Gasteiger partial charge on any atom is -0.494 e. The SMILES string of the molecule is CCOc1ccc(S(=O)(=O)N2CCOCC2)cc1NC(=O)Cc1ccc(OC)c(F)c1. The summed E-state index contributed by atoms with van der Waals surface area (Å²) in [7, 11) is -2.38. The van der Waals surface area contributed by atoms with E-state index in [0.717, 1.165) is 0 Å². The van der Waals surface area contributed by atoms with Crippen molar-refractivity contribution in [2.24, 2.45) is 0 Å². The minimum atomic E-state index is -3.74. The molecule has 10 heteroatoms. The second kappa shape index (κ2) is 10.1. The smallest absolute Gasteiger partial charge is 0.243 e. The van der Waals surface area contributed by atoms with Crippen molar-refractivity contribution in [3.05, 3.63) is 47.8 Å². The molecule has 2 aromatic rings. The van der Waals surface area contributed by atoms with E-state index in [4.69, 9.17) is 14.2 Å². The lowest BCUT2D eigenvalue weighted by Gasteiger charge is -2.26. The van der Waals surface area contributed by atoms with Crippen LogP contribution in [-0.4, -0.2) is 58.7 Å². The second-order valence-electron chi connectivity index (χ2n) is 6.80. The maximum Gasteiger partial charge on any atom is 0.243 e. The summed E-state index contributed by atoms with van der Waals surface area (Å²) in [6.45, 7) is 3.31. The zero-order valence-electron chi connectivity index (χ0n) is 17.4. The normalized spacial score (nSPS) is 14.8. The number of rotatable bonds is 8. The predicted molar refractivity (Wildman–Crippen MR) is 112 cm³/mol. The number of methoxy groups -OCH3 is 1. The van der Waals surface area contributed by atoms with Gasteiger partial charge < -0.3 is 19.5 Å². The first-order valence-electron chi connectivity index (χ1n) is 9.82. The van der Waals surface area contributed by atoms with Gasteiger partial charge in [-0.2, -0.15) is 4.31 Å². The molecule has 0 aliphatic carbocycles. The first-order chi connectivity index (χ1) is 14.8. The molecule has 0 spiro atoms. The molecular formula is C21H25FN2O6S. The third-order valence-corrected chi connectivity index (χ3v) is 6.61. The average Bonchev–Trinajstić information content (AvgIpc) is 2.75. The molecule has 168 valence electrons. The van der Waals surface area contributed by atoms with Crippen LogP contribution >= 0.6 is 0 Å². The molecule has 1 heterocycles. The van der Waals surface area contributed by atoms with Gasteiger partial charge in [0, 0.05) is 13.1 Å². The van der Waals surface area contributed by atoms with Crippen molar-refractivity contribution in [1.29, 1.82) is 0 Å². The first kappa shape index (κ1) is 23.0. The molecular weight excluding hydrogens is 427 g/mol. The van der Waals surface area contributed by atoms with E-state index in [0.29, 0.717) is 31.1 Å². The van der Waals surface area contributed by atoms with E-state index in [1.807, 2.05) is 0 Å². The van der Waals surface area contributed by atoms with E-state index < -0.39 is 21.7 Å². The molecule has 1 fully saturated rings. The van der Waals surface area contributed by atoms with Crippen LogP contribution in [0.15, 0.2) is 41.3 Å². The van der Waals surface area contributed by atoms with Crippen molar-refractivity contribution < 1.29 is 31.8 Å². The first-order valence-corrected chi connectivity index (χ1v) is 11.3. The summed E-state index contributed by atoms with van der Waals surface area (Å²) in [4.78, 5) is 12.6. The Labute approximate surface area is 181 Å². The molecule has 1 amide bonds. The van der Waals surface area contributed by atoms with Crippen LogP contribution in [0.2, 0.25) is 0 Å². The van der Waals surface area contributed by atoms with Gasteiger partial charge in [0.1, 0.15) is 5.75 Å². The maximum atomic E-state index is 13.9. The molecule has 1 aliphatic heterocycles. The Balaban J connectivity index is 1.82. The van der Waals surface area contributed by atoms with Gasteiger partial charge in [-0.05, 0) is 42.8 Å². The van der Waals surface area contributed by atoms with Crippen LogP contribution in [0.25, 0.3) is 0 Å². The fraction of sp³-hybridized carbons (Fsp3) is 0.381. The molecule has 0 bridgehead atoms. The van der Waals surface area contributed by atoms with E-state index >= 15 is 0 Å². The molecule has 0 unspecified atom stereocenters. The predicted octanol–water partition coefficient (Wildman–Crippen LogP) is 2.44. The van der Waals surface area contributed by atoms with Crippen LogP contribution in [0.3, 0.4) is 0 Å². The monoisotopic (exact) mass is 452 g/mol. The molecule has 0 aromatic heterocycles. The summed E-state index contributed by atoms with van der Waals surface area (Å²) in [6.07, 6.45) is -0.104. The van der Waals surface area contributed by atoms with Crippen LogP contribution in [-0.2, 0) is 26.0 Å². The fourth-order valence-electron chi connectivity index (χ4n) is 3.18. The summed E-state index contributed by atoms with van der Waals surface area (Å²) < 4.78 is 56.8. The number of hydrogen-bond acceptors (Lipinski definition) is 6. The number of anilines is 1. The summed E-state index contributed by atoms with van der Waals surface area (Å²) in [5, 5.41) is 2.68. The number of carbonyl (C=O) groups excluding carboxylic acids is 1. The quantitative estimate of drug-likeness (QED) is 0.661. The highest BCUT2D eigenvalue weighted by atomic mass is 32.2. The molecule has 1 N–H and O–H groups in total. The largest absolute Gasteiger partial charge is 0.494 e. The number of halogens is 1. The lowest BCUT2D eigenvalue weighted by molar-refractivity contribution is -0.115. The summed E-state index contributed by atoms with van der Waals surface area (Å²) >= 11 is 0. The molecule has 0 saturated carbocycles. The molecule has 2 aromatic carbocycles. The summed E-state index contributed by atoms with van der Waals surface area (Å²) in [6, 6.07) is 8.59. The number of benzene rings is 2.